The molecule has 2 heterocycles. The number of carbonyl (C=O) groups excluding carboxylic acids is 1. The molecule has 126 valence electrons. The zero-order valence-corrected chi connectivity index (χ0v) is 14.2. The van der Waals surface area contributed by atoms with Crippen LogP contribution in [0.3, 0.4) is 0 Å². The lowest BCUT2D eigenvalue weighted by atomic mass is 9.85. The van der Waals surface area contributed by atoms with Crippen LogP contribution in [0.4, 0.5) is 0 Å². The predicted octanol–water partition coefficient (Wildman–Crippen LogP) is 3.60. The Hall–Kier alpha value is -1.71. The SMILES string of the molecule is CC(C)C(CC(=O)N1CCCCC1)c1ccc2c(c1)OCCO2. The van der Waals surface area contributed by atoms with Crippen LogP contribution in [0.2, 0.25) is 0 Å². The first-order chi connectivity index (χ1) is 11.1. The number of amides is 1. The molecular weight excluding hydrogens is 290 g/mol. The second-order valence-electron chi connectivity index (χ2n) is 6.90. The number of carbonyl (C=O) groups is 1. The molecule has 0 bridgehead atoms. The van der Waals surface area contributed by atoms with Gasteiger partial charge in [-0.3, -0.25) is 4.79 Å². The molecular formula is C19H27NO3. The van der Waals surface area contributed by atoms with Gasteiger partial charge in [0.1, 0.15) is 13.2 Å². The minimum absolute atomic E-state index is 0.222. The summed E-state index contributed by atoms with van der Waals surface area (Å²) in [6.07, 6.45) is 4.11. The van der Waals surface area contributed by atoms with Crippen molar-refractivity contribution in [3.63, 3.8) is 0 Å². The first-order valence-electron chi connectivity index (χ1n) is 8.82. The van der Waals surface area contributed by atoms with Crippen molar-refractivity contribution in [2.75, 3.05) is 26.3 Å². The highest BCUT2D eigenvalue weighted by Crippen LogP contribution is 2.36. The summed E-state index contributed by atoms with van der Waals surface area (Å²) in [6.45, 7) is 7.41. The Morgan fingerprint density at radius 3 is 2.48 bits per heavy atom. The van der Waals surface area contributed by atoms with Crippen LogP contribution in [0.1, 0.15) is 51.0 Å². The van der Waals surface area contributed by atoms with E-state index in [1.54, 1.807) is 0 Å². The maximum atomic E-state index is 12.6. The molecule has 0 N–H and O–H groups in total. The van der Waals surface area contributed by atoms with Crippen molar-refractivity contribution in [3.05, 3.63) is 23.8 Å². The molecule has 0 spiro atoms. The third-order valence-electron chi connectivity index (χ3n) is 4.90. The molecule has 4 nitrogen and oxygen atoms in total. The van der Waals surface area contributed by atoms with Gasteiger partial charge < -0.3 is 14.4 Å². The summed E-state index contributed by atoms with van der Waals surface area (Å²) >= 11 is 0. The Morgan fingerprint density at radius 1 is 1.09 bits per heavy atom. The maximum Gasteiger partial charge on any atom is 0.223 e. The summed E-state index contributed by atoms with van der Waals surface area (Å²) < 4.78 is 11.3. The van der Waals surface area contributed by atoms with E-state index in [-0.39, 0.29) is 5.92 Å². The lowest BCUT2D eigenvalue weighted by molar-refractivity contribution is -0.132. The van der Waals surface area contributed by atoms with Gasteiger partial charge in [0.25, 0.3) is 0 Å². The fraction of sp³-hybridized carbons (Fsp3) is 0.632. The van der Waals surface area contributed by atoms with Gasteiger partial charge in [-0.05, 0) is 48.8 Å². The molecule has 1 saturated heterocycles. The zero-order chi connectivity index (χ0) is 16.2. The van der Waals surface area contributed by atoms with E-state index in [0.29, 0.717) is 31.5 Å². The third kappa shape index (κ3) is 3.80. The summed E-state index contributed by atoms with van der Waals surface area (Å²) in [5.74, 6) is 2.54. The monoisotopic (exact) mass is 317 g/mol. The number of piperidine rings is 1. The van der Waals surface area contributed by atoms with Crippen molar-refractivity contribution >= 4 is 5.91 Å². The van der Waals surface area contributed by atoms with Crippen LogP contribution in [-0.4, -0.2) is 37.1 Å². The number of rotatable bonds is 4. The minimum atomic E-state index is 0.222. The van der Waals surface area contributed by atoms with Crippen molar-refractivity contribution in [3.8, 4) is 11.5 Å². The van der Waals surface area contributed by atoms with Gasteiger partial charge >= 0.3 is 0 Å². The lowest BCUT2D eigenvalue weighted by Crippen LogP contribution is -2.36. The molecule has 23 heavy (non-hydrogen) atoms. The quantitative estimate of drug-likeness (QED) is 0.851. The van der Waals surface area contributed by atoms with Gasteiger partial charge in [0.2, 0.25) is 5.91 Å². The number of nitrogens with zero attached hydrogens (tertiary/aromatic N) is 1. The van der Waals surface area contributed by atoms with Gasteiger partial charge in [0, 0.05) is 19.5 Å². The molecule has 0 aliphatic carbocycles. The molecule has 1 amide bonds. The molecule has 2 aliphatic heterocycles. The van der Waals surface area contributed by atoms with Crippen LogP contribution in [0.15, 0.2) is 18.2 Å². The van der Waals surface area contributed by atoms with Crippen LogP contribution in [0.25, 0.3) is 0 Å². The van der Waals surface area contributed by atoms with E-state index < -0.39 is 0 Å². The van der Waals surface area contributed by atoms with Crippen LogP contribution in [-0.2, 0) is 4.79 Å². The molecule has 4 heteroatoms. The van der Waals surface area contributed by atoms with E-state index in [9.17, 15) is 4.79 Å². The van der Waals surface area contributed by atoms with Gasteiger partial charge in [0.05, 0.1) is 0 Å². The van der Waals surface area contributed by atoms with E-state index in [4.69, 9.17) is 9.47 Å². The highest BCUT2D eigenvalue weighted by atomic mass is 16.6. The van der Waals surface area contributed by atoms with E-state index in [2.05, 4.69) is 26.0 Å². The molecule has 1 unspecified atom stereocenters. The number of benzene rings is 1. The molecule has 1 fully saturated rings. The largest absolute Gasteiger partial charge is 0.486 e. The van der Waals surface area contributed by atoms with Crippen molar-refractivity contribution < 1.29 is 14.3 Å². The second-order valence-corrected chi connectivity index (χ2v) is 6.90. The van der Waals surface area contributed by atoms with E-state index in [1.807, 2.05) is 11.0 Å². The van der Waals surface area contributed by atoms with Crippen molar-refractivity contribution in [1.29, 1.82) is 0 Å². The molecule has 0 saturated carbocycles. The summed E-state index contributed by atoms with van der Waals surface area (Å²) in [6, 6.07) is 6.12. The Bertz CT molecular complexity index is 550. The highest BCUT2D eigenvalue weighted by Gasteiger charge is 2.25. The third-order valence-corrected chi connectivity index (χ3v) is 4.90. The van der Waals surface area contributed by atoms with Crippen LogP contribution < -0.4 is 9.47 Å². The standard InChI is InChI=1S/C19H27NO3/c1-14(2)16(13-19(21)20-8-4-3-5-9-20)15-6-7-17-18(12-15)23-11-10-22-17/h6-7,12,14,16H,3-5,8-11,13H2,1-2H3. The van der Waals surface area contributed by atoms with Gasteiger partial charge in [-0.2, -0.15) is 0 Å². The molecule has 1 aromatic rings. The molecule has 3 rings (SSSR count). The Kier molecular flexibility index (Phi) is 5.09. The molecule has 0 radical (unpaired) electrons. The summed E-state index contributed by atoms with van der Waals surface area (Å²) in [5, 5.41) is 0. The van der Waals surface area contributed by atoms with Crippen LogP contribution in [0.5, 0.6) is 11.5 Å². The molecule has 1 aromatic carbocycles. The van der Waals surface area contributed by atoms with Gasteiger partial charge in [0.15, 0.2) is 11.5 Å². The van der Waals surface area contributed by atoms with Crippen molar-refractivity contribution in [1.82, 2.24) is 4.90 Å². The molecule has 2 aliphatic rings. The molecule has 1 atom stereocenters. The number of ether oxygens (including phenoxy) is 2. The topological polar surface area (TPSA) is 38.8 Å². The Balaban J connectivity index is 1.74. The van der Waals surface area contributed by atoms with E-state index in [0.717, 1.165) is 37.4 Å². The van der Waals surface area contributed by atoms with Gasteiger partial charge in [-0.25, -0.2) is 0 Å². The number of hydrogen-bond donors (Lipinski definition) is 0. The average molecular weight is 317 g/mol. The van der Waals surface area contributed by atoms with E-state index in [1.165, 1.54) is 12.0 Å². The van der Waals surface area contributed by atoms with E-state index >= 15 is 0 Å². The average Bonchev–Trinajstić information content (AvgIpc) is 2.59. The fourth-order valence-corrected chi connectivity index (χ4v) is 3.49. The first-order valence-corrected chi connectivity index (χ1v) is 8.82. The number of fused-ring (bicyclic) bond motifs is 1. The summed E-state index contributed by atoms with van der Waals surface area (Å²) in [5.41, 5.74) is 1.18. The first kappa shape index (κ1) is 16.2. The fourth-order valence-electron chi connectivity index (χ4n) is 3.49. The second kappa shape index (κ2) is 7.24. The summed E-state index contributed by atoms with van der Waals surface area (Å²) in [7, 11) is 0. The highest BCUT2D eigenvalue weighted by molar-refractivity contribution is 5.77. The van der Waals surface area contributed by atoms with Gasteiger partial charge in [-0.1, -0.05) is 19.9 Å². The zero-order valence-electron chi connectivity index (χ0n) is 14.2. The Labute approximate surface area is 138 Å². The Morgan fingerprint density at radius 2 is 1.78 bits per heavy atom. The van der Waals surface area contributed by atoms with Crippen molar-refractivity contribution in [2.24, 2.45) is 5.92 Å². The molecule has 0 aromatic heterocycles. The number of hydrogen-bond acceptors (Lipinski definition) is 3. The smallest absolute Gasteiger partial charge is 0.223 e. The van der Waals surface area contributed by atoms with Crippen molar-refractivity contribution in [2.45, 2.75) is 45.4 Å². The number of likely N-dealkylation sites (tertiary alicyclic amines) is 1. The van der Waals surface area contributed by atoms with Crippen LogP contribution >= 0.6 is 0 Å². The maximum absolute atomic E-state index is 12.6. The van der Waals surface area contributed by atoms with Gasteiger partial charge in [-0.15, -0.1) is 0 Å². The van der Waals surface area contributed by atoms with Crippen LogP contribution in [0, 0.1) is 5.92 Å². The predicted molar refractivity (Wildman–Crippen MR) is 90.1 cm³/mol. The normalized spacial score (nSPS) is 18.8. The summed E-state index contributed by atoms with van der Waals surface area (Å²) in [4.78, 5) is 14.7. The lowest BCUT2D eigenvalue weighted by Gasteiger charge is -2.30. The minimum Gasteiger partial charge on any atom is -0.486 e.